The van der Waals surface area contributed by atoms with Crippen molar-refractivity contribution in [3.05, 3.63) is 65.9 Å². The molecule has 0 saturated heterocycles. The van der Waals surface area contributed by atoms with Crippen LogP contribution in [0, 0.1) is 5.82 Å². The topological polar surface area (TPSA) is 108 Å². The molecule has 4 aromatic rings. The van der Waals surface area contributed by atoms with Crippen LogP contribution in [0.4, 0.5) is 10.1 Å². The van der Waals surface area contributed by atoms with Gasteiger partial charge >= 0.3 is 0 Å². The van der Waals surface area contributed by atoms with Crippen LogP contribution < -0.4 is 5.32 Å². The van der Waals surface area contributed by atoms with Crippen molar-refractivity contribution < 1.29 is 14.0 Å². The Bertz CT molecular complexity index is 1370. The lowest BCUT2D eigenvalue weighted by Gasteiger charge is -2.08. The molecule has 1 aliphatic rings. The average molecular weight is 447 g/mol. The molecule has 1 aliphatic carbocycles. The molecule has 10 heteroatoms. The van der Waals surface area contributed by atoms with Crippen LogP contribution in [0.25, 0.3) is 10.9 Å². The third kappa shape index (κ3) is 4.11. The summed E-state index contributed by atoms with van der Waals surface area (Å²) in [6, 6.07) is 1.50. The van der Waals surface area contributed by atoms with Crippen LogP contribution in [0.15, 0.2) is 43.2 Å². The van der Waals surface area contributed by atoms with Crippen LogP contribution in [-0.4, -0.2) is 41.2 Å². The first-order valence-electron chi connectivity index (χ1n) is 10.7. The van der Waals surface area contributed by atoms with Gasteiger partial charge in [-0.1, -0.05) is 5.21 Å². The van der Waals surface area contributed by atoms with Crippen LogP contribution in [0.5, 0.6) is 0 Å². The molecule has 0 bridgehead atoms. The first kappa shape index (κ1) is 20.9. The van der Waals surface area contributed by atoms with Gasteiger partial charge in [0.05, 0.1) is 29.3 Å². The van der Waals surface area contributed by atoms with Gasteiger partial charge in [-0.2, -0.15) is 0 Å². The zero-order valence-electron chi connectivity index (χ0n) is 18.2. The maximum atomic E-state index is 14.5. The van der Waals surface area contributed by atoms with Crippen molar-refractivity contribution in [1.82, 2.24) is 29.5 Å². The number of hydrogen-bond acceptors (Lipinski definition) is 6. The largest absolute Gasteiger partial charge is 0.342 e. The van der Waals surface area contributed by atoms with E-state index in [-0.39, 0.29) is 29.8 Å². The predicted octanol–water partition coefficient (Wildman–Crippen LogP) is 3.49. The minimum atomic E-state index is -0.489. The SMILES string of the molecule is CC(C)n1cc(C(=O)c2cncc(NC(=O)Cn3cc(C4CC4)nn3)c2)c2cncc(F)c21. The van der Waals surface area contributed by atoms with Gasteiger partial charge in [0.25, 0.3) is 0 Å². The number of rotatable bonds is 7. The smallest absolute Gasteiger partial charge is 0.246 e. The Morgan fingerprint density at radius 1 is 1.15 bits per heavy atom. The van der Waals surface area contributed by atoms with Crippen molar-refractivity contribution in [3.8, 4) is 0 Å². The average Bonchev–Trinajstić information content (AvgIpc) is 3.40. The number of hydrogen-bond donors (Lipinski definition) is 1. The highest BCUT2D eigenvalue weighted by atomic mass is 19.1. The Balaban J connectivity index is 1.37. The Morgan fingerprint density at radius 2 is 1.94 bits per heavy atom. The van der Waals surface area contributed by atoms with E-state index < -0.39 is 5.82 Å². The summed E-state index contributed by atoms with van der Waals surface area (Å²) in [5.74, 6) is -0.673. The summed E-state index contributed by atoms with van der Waals surface area (Å²) in [5, 5.41) is 11.3. The number of anilines is 1. The molecule has 0 radical (unpaired) electrons. The molecule has 1 saturated carbocycles. The van der Waals surface area contributed by atoms with Gasteiger partial charge in [-0.25, -0.2) is 9.07 Å². The van der Waals surface area contributed by atoms with E-state index in [0.717, 1.165) is 24.7 Å². The van der Waals surface area contributed by atoms with Crippen molar-refractivity contribution in [2.75, 3.05) is 5.32 Å². The molecular formula is C23H22FN7O2. The maximum Gasteiger partial charge on any atom is 0.246 e. The quantitative estimate of drug-likeness (QED) is 0.435. The van der Waals surface area contributed by atoms with Crippen molar-refractivity contribution in [2.24, 2.45) is 0 Å². The second kappa shape index (κ2) is 8.19. The van der Waals surface area contributed by atoms with E-state index in [4.69, 9.17) is 0 Å². The summed E-state index contributed by atoms with van der Waals surface area (Å²) in [6.45, 7) is 3.83. The lowest BCUT2D eigenvalue weighted by molar-refractivity contribution is -0.116. The summed E-state index contributed by atoms with van der Waals surface area (Å²) >= 11 is 0. The second-order valence-corrected chi connectivity index (χ2v) is 8.52. The molecule has 0 aromatic carbocycles. The van der Waals surface area contributed by atoms with Gasteiger partial charge < -0.3 is 9.88 Å². The fourth-order valence-corrected chi connectivity index (χ4v) is 3.84. The molecule has 0 spiro atoms. The zero-order valence-corrected chi connectivity index (χ0v) is 18.2. The van der Waals surface area contributed by atoms with E-state index in [1.54, 1.807) is 23.0 Å². The summed E-state index contributed by atoms with van der Waals surface area (Å²) in [6.07, 6.45) is 11.1. The van der Waals surface area contributed by atoms with E-state index in [1.807, 2.05) is 13.8 Å². The number of amides is 1. The van der Waals surface area contributed by atoms with E-state index in [9.17, 15) is 14.0 Å². The molecule has 4 heterocycles. The predicted molar refractivity (Wildman–Crippen MR) is 118 cm³/mol. The number of ketones is 1. The number of carbonyl (C=O) groups is 2. The van der Waals surface area contributed by atoms with Gasteiger partial charge in [-0.05, 0) is 32.8 Å². The molecule has 9 nitrogen and oxygen atoms in total. The minimum Gasteiger partial charge on any atom is -0.342 e. The molecule has 0 atom stereocenters. The van der Waals surface area contributed by atoms with E-state index in [1.165, 1.54) is 23.3 Å². The normalized spacial score (nSPS) is 13.6. The Labute approximate surface area is 188 Å². The lowest BCUT2D eigenvalue weighted by Crippen LogP contribution is -2.19. The number of nitrogens with zero attached hydrogens (tertiary/aromatic N) is 6. The van der Waals surface area contributed by atoms with Gasteiger partial charge in [0, 0.05) is 53.3 Å². The molecule has 33 heavy (non-hydrogen) atoms. The zero-order chi connectivity index (χ0) is 23.1. The molecule has 0 aliphatic heterocycles. The minimum absolute atomic E-state index is 0.00468. The molecule has 1 N–H and O–H groups in total. The number of halogens is 1. The van der Waals surface area contributed by atoms with Crippen LogP contribution in [-0.2, 0) is 11.3 Å². The van der Waals surface area contributed by atoms with Crippen LogP contribution in [0.2, 0.25) is 0 Å². The number of fused-ring (bicyclic) bond motifs is 1. The van der Waals surface area contributed by atoms with Crippen molar-refractivity contribution in [2.45, 2.75) is 45.2 Å². The molecule has 1 fully saturated rings. The standard InChI is InChI=1S/C23H22FN7O2/c1-13(2)31-10-18(17-8-26-9-19(24)22(17)31)23(33)15-5-16(7-25-6-15)27-21(32)12-30-11-20(28-29-30)14-3-4-14/h5-11,13-14H,3-4,12H2,1-2H3,(H,27,32). The molecule has 4 aromatic heterocycles. The fourth-order valence-electron chi connectivity index (χ4n) is 3.84. The van der Waals surface area contributed by atoms with Crippen LogP contribution in [0.1, 0.15) is 60.3 Å². The third-order valence-corrected chi connectivity index (χ3v) is 5.63. The number of aromatic nitrogens is 6. The highest BCUT2D eigenvalue weighted by molar-refractivity contribution is 6.16. The monoisotopic (exact) mass is 447 g/mol. The van der Waals surface area contributed by atoms with Crippen molar-refractivity contribution >= 4 is 28.3 Å². The molecule has 168 valence electrons. The van der Waals surface area contributed by atoms with Gasteiger partial charge in [0.1, 0.15) is 6.54 Å². The first-order valence-corrected chi connectivity index (χ1v) is 10.7. The van der Waals surface area contributed by atoms with E-state index in [2.05, 4.69) is 25.6 Å². The summed E-state index contributed by atoms with van der Waals surface area (Å²) in [5.41, 5.74) is 2.22. The summed E-state index contributed by atoms with van der Waals surface area (Å²) in [4.78, 5) is 33.7. The summed E-state index contributed by atoms with van der Waals surface area (Å²) < 4.78 is 17.7. The number of nitrogens with one attached hydrogen (secondary N) is 1. The number of carbonyl (C=O) groups excluding carboxylic acids is 2. The van der Waals surface area contributed by atoms with Crippen molar-refractivity contribution in [3.63, 3.8) is 0 Å². The Hall–Kier alpha value is -3.95. The van der Waals surface area contributed by atoms with Gasteiger partial charge in [-0.3, -0.25) is 19.6 Å². The Kier molecular flexibility index (Phi) is 5.20. The highest BCUT2D eigenvalue weighted by Crippen LogP contribution is 2.38. The van der Waals surface area contributed by atoms with E-state index in [0.29, 0.717) is 28.1 Å². The maximum absolute atomic E-state index is 14.5. The van der Waals surface area contributed by atoms with Gasteiger partial charge in [-0.15, -0.1) is 5.10 Å². The molecule has 1 amide bonds. The van der Waals surface area contributed by atoms with Crippen LogP contribution in [0.3, 0.4) is 0 Å². The van der Waals surface area contributed by atoms with Crippen LogP contribution >= 0.6 is 0 Å². The second-order valence-electron chi connectivity index (χ2n) is 8.52. The van der Waals surface area contributed by atoms with E-state index >= 15 is 0 Å². The lowest BCUT2D eigenvalue weighted by atomic mass is 10.0. The fraction of sp³-hybridized carbons (Fsp3) is 0.304. The molecular weight excluding hydrogens is 425 g/mol. The van der Waals surface area contributed by atoms with Gasteiger partial charge in [0.15, 0.2) is 11.6 Å². The van der Waals surface area contributed by atoms with Gasteiger partial charge in [0.2, 0.25) is 5.91 Å². The molecule has 0 unspecified atom stereocenters. The molecule has 5 rings (SSSR count). The highest BCUT2D eigenvalue weighted by Gasteiger charge is 2.26. The third-order valence-electron chi connectivity index (χ3n) is 5.63. The first-order chi connectivity index (χ1) is 15.9. The number of pyridine rings is 2. The summed E-state index contributed by atoms with van der Waals surface area (Å²) in [7, 11) is 0. The van der Waals surface area contributed by atoms with Crippen molar-refractivity contribution in [1.29, 1.82) is 0 Å². The Morgan fingerprint density at radius 3 is 2.70 bits per heavy atom.